The summed E-state index contributed by atoms with van der Waals surface area (Å²) in [7, 11) is 0. The molecule has 1 N–H and O–H groups in total. The van der Waals surface area contributed by atoms with Crippen molar-refractivity contribution in [3.63, 3.8) is 0 Å². The molecule has 0 spiro atoms. The number of amides is 1. The van der Waals surface area contributed by atoms with Gasteiger partial charge in [-0.2, -0.15) is 9.78 Å². The third-order valence-electron chi connectivity index (χ3n) is 4.58. The molecule has 29 heavy (non-hydrogen) atoms. The number of rotatable bonds is 4. The molecule has 0 aliphatic rings. The minimum absolute atomic E-state index is 0.0995. The number of nitrogens with zero attached hydrogens (tertiary/aromatic N) is 2. The smallest absolute Gasteiger partial charge is 0.279 e. The molecule has 1 amide bonds. The Balaban J connectivity index is 1.88. The summed E-state index contributed by atoms with van der Waals surface area (Å²) in [6, 6.07) is 22.5. The first-order valence-corrected chi connectivity index (χ1v) is 9.05. The SMILES string of the molecule is CC(=O)c1ccccc1NC(=O)c1nn(-c2ccccc2)c(=O)c2ccccc12. The zero-order chi connectivity index (χ0) is 20.4. The molecule has 0 saturated carbocycles. The van der Waals surface area contributed by atoms with E-state index in [1.807, 2.05) is 6.07 Å². The lowest BCUT2D eigenvalue weighted by Gasteiger charge is -2.12. The number of benzene rings is 3. The highest BCUT2D eigenvalue weighted by molar-refractivity contribution is 6.13. The van der Waals surface area contributed by atoms with Crippen LogP contribution in [0.2, 0.25) is 0 Å². The third-order valence-corrected chi connectivity index (χ3v) is 4.58. The third kappa shape index (κ3) is 3.43. The van der Waals surface area contributed by atoms with Crippen molar-refractivity contribution in [3.05, 3.63) is 100 Å². The molecule has 6 nitrogen and oxygen atoms in total. The van der Waals surface area contributed by atoms with Gasteiger partial charge in [0.05, 0.1) is 16.8 Å². The molecule has 0 aliphatic carbocycles. The van der Waals surface area contributed by atoms with Crippen LogP contribution in [0.4, 0.5) is 5.69 Å². The predicted octanol–water partition coefficient (Wildman–Crippen LogP) is 3.84. The first-order valence-electron chi connectivity index (χ1n) is 9.05. The molecule has 4 rings (SSSR count). The van der Waals surface area contributed by atoms with Gasteiger partial charge in [0.25, 0.3) is 11.5 Å². The minimum Gasteiger partial charge on any atom is -0.320 e. The highest BCUT2D eigenvalue weighted by Gasteiger charge is 2.19. The van der Waals surface area contributed by atoms with Gasteiger partial charge in [-0.1, -0.05) is 48.5 Å². The van der Waals surface area contributed by atoms with Crippen LogP contribution in [0.25, 0.3) is 16.5 Å². The number of ketones is 1. The van der Waals surface area contributed by atoms with Gasteiger partial charge >= 0.3 is 0 Å². The first-order chi connectivity index (χ1) is 14.1. The number of aromatic nitrogens is 2. The molecule has 0 bridgehead atoms. The maximum Gasteiger partial charge on any atom is 0.279 e. The average molecular weight is 383 g/mol. The highest BCUT2D eigenvalue weighted by Crippen LogP contribution is 2.20. The molecule has 1 aromatic heterocycles. The van der Waals surface area contributed by atoms with Gasteiger partial charge in [-0.25, -0.2) is 0 Å². The van der Waals surface area contributed by atoms with Gasteiger partial charge in [-0.05, 0) is 37.3 Å². The van der Waals surface area contributed by atoms with E-state index in [4.69, 9.17) is 0 Å². The Bertz CT molecular complexity index is 1290. The van der Waals surface area contributed by atoms with Gasteiger partial charge in [-0.15, -0.1) is 0 Å². The minimum atomic E-state index is -0.500. The largest absolute Gasteiger partial charge is 0.320 e. The first kappa shape index (κ1) is 18.3. The van der Waals surface area contributed by atoms with Gasteiger partial charge in [0.1, 0.15) is 0 Å². The topological polar surface area (TPSA) is 81.1 Å². The van der Waals surface area contributed by atoms with E-state index in [0.29, 0.717) is 27.7 Å². The van der Waals surface area contributed by atoms with Crippen molar-refractivity contribution in [3.8, 4) is 5.69 Å². The number of fused-ring (bicyclic) bond motifs is 1. The molecule has 4 aromatic rings. The van der Waals surface area contributed by atoms with Gasteiger partial charge in [0.15, 0.2) is 11.5 Å². The number of carbonyl (C=O) groups is 2. The molecule has 0 saturated heterocycles. The Morgan fingerprint density at radius 2 is 1.45 bits per heavy atom. The van der Waals surface area contributed by atoms with E-state index in [-0.39, 0.29) is 17.0 Å². The van der Waals surface area contributed by atoms with Gasteiger partial charge in [-0.3, -0.25) is 14.4 Å². The Morgan fingerprint density at radius 3 is 2.17 bits per heavy atom. The van der Waals surface area contributed by atoms with E-state index in [1.165, 1.54) is 11.6 Å². The predicted molar refractivity (Wildman–Crippen MR) is 112 cm³/mol. The Hall–Kier alpha value is -4.06. The molecule has 6 heteroatoms. The fourth-order valence-corrected chi connectivity index (χ4v) is 3.18. The maximum absolute atomic E-state index is 13.1. The summed E-state index contributed by atoms with van der Waals surface area (Å²) >= 11 is 0. The molecule has 0 atom stereocenters. The highest BCUT2D eigenvalue weighted by atomic mass is 16.2. The van der Waals surface area contributed by atoms with Crippen molar-refractivity contribution in [2.45, 2.75) is 6.92 Å². The van der Waals surface area contributed by atoms with Crippen LogP contribution in [0.3, 0.4) is 0 Å². The number of hydrogen-bond donors (Lipinski definition) is 1. The number of Topliss-reactive ketones (excluding diaryl/α,β-unsaturated/α-hetero) is 1. The van der Waals surface area contributed by atoms with E-state index in [1.54, 1.807) is 72.8 Å². The molecule has 0 unspecified atom stereocenters. The summed E-state index contributed by atoms with van der Waals surface area (Å²) < 4.78 is 1.22. The summed E-state index contributed by atoms with van der Waals surface area (Å²) in [4.78, 5) is 37.9. The summed E-state index contributed by atoms with van der Waals surface area (Å²) in [5, 5.41) is 7.94. The fourth-order valence-electron chi connectivity index (χ4n) is 3.18. The van der Waals surface area contributed by atoms with E-state index >= 15 is 0 Å². The van der Waals surface area contributed by atoms with Gasteiger partial charge in [0, 0.05) is 10.9 Å². The zero-order valence-corrected chi connectivity index (χ0v) is 15.6. The Labute approximate surface area is 166 Å². The summed E-state index contributed by atoms with van der Waals surface area (Å²) in [6.07, 6.45) is 0. The molecule has 1 heterocycles. The Morgan fingerprint density at radius 1 is 0.828 bits per heavy atom. The van der Waals surface area contributed by atoms with E-state index in [9.17, 15) is 14.4 Å². The van der Waals surface area contributed by atoms with E-state index in [2.05, 4.69) is 10.4 Å². The molecule has 0 radical (unpaired) electrons. The number of para-hydroxylation sites is 2. The number of hydrogen-bond acceptors (Lipinski definition) is 4. The quantitative estimate of drug-likeness (QED) is 0.543. The summed E-state index contributed by atoms with van der Waals surface area (Å²) in [5.41, 5.74) is 1.14. The Kier molecular flexibility index (Phi) is 4.75. The van der Waals surface area contributed by atoms with Crippen LogP contribution < -0.4 is 10.9 Å². The molecular formula is C23H17N3O3. The second-order valence-electron chi connectivity index (χ2n) is 6.50. The fraction of sp³-hybridized carbons (Fsp3) is 0.0435. The molecular weight excluding hydrogens is 366 g/mol. The summed E-state index contributed by atoms with van der Waals surface area (Å²) in [6.45, 7) is 1.44. The van der Waals surface area contributed by atoms with Crippen molar-refractivity contribution in [1.82, 2.24) is 9.78 Å². The van der Waals surface area contributed by atoms with Crippen LogP contribution in [-0.2, 0) is 0 Å². The van der Waals surface area contributed by atoms with Crippen molar-refractivity contribution in [2.24, 2.45) is 0 Å². The number of nitrogens with one attached hydrogen (secondary N) is 1. The monoisotopic (exact) mass is 383 g/mol. The molecule has 142 valence electrons. The lowest BCUT2D eigenvalue weighted by Crippen LogP contribution is -2.26. The van der Waals surface area contributed by atoms with Crippen LogP contribution in [0.15, 0.2) is 83.7 Å². The van der Waals surface area contributed by atoms with Crippen molar-refractivity contribution in [2.75, 3.05) is 5.32 Å². The van der Waals surface area contributed by atoms with Crippen LogP contribution in [0.5, 0.6) is 0 Å². The number of anilines is 1. The van der Waals surface area contributed by atoms with E-state index < -0.39 is 5.91 Å². The standard InChI is InChI=1S/C23H17N3O3/c1-15(27)17-11-7-8-14-20(17)24-22(28)21-18-12-5-6-13-19(18)23(29)26(25-21)16-9-3-2-4-10-16/h2-14H,1H3,(H,24,28). The zero-order valence-electron chi connectivity index (χ0n) is 15.6. The van der Waals surface area contributed by atoms with Crippen LogP contribution in [-0.4, -0.2) is 21.5 Å². The van der Waals surface area contributed by atoms with Gasteiger partial charge < -0.3 is 5.32 Å². The van der Waals surface area contributed by atoms with Crippen molar-refractivity contribution in [1.29, 1.82) is 0 Å². The van der Waals surface area contributed by atoms with E-state index in [0.717, 1.165) is 0 Å². The van der Waals surface area contributed by atoms with Crippen LogP contribution in [0, 0.1) is 0 Å². The lowest BCUT2D eigenvalue weighted by atomic mass is 10.1. The van der Waals surface area contributed by atoms with Crippen molar-refractivity contribution < 1.29 is 9.59 Å². The second kappa shape index (κ2) is 7.52. The van der Waals surface area contributed by atoms with Crippen LogP contribution in [0.1, 0.15) is 27.8 Å². The average Bonchev–Trinajstić information content (AvgIpc) is 2.75. The van der Waals surface area contributed by atoms with Crippen LogP contribution >= 0.6 is 0 Å². The normalized spacial score (nSPS) is 10.7. The van der Waals surface area contributed by atoms with Crippen molar-refractivity contribution >= 4 is 28.2 Å². The lowest BCUT2D eigenvalue weighted by molar-refractivity contribution is 0.101. The maximum atomic E-state index is 13.1. The number of carbonyl (C=O) groups excluding carboxylic acids is 2. The molecule has 3 aromatic carbocycles. The summed E-state index contributed by atoms with van der Waals surface area (Å²) in [5.74, 6) is -0.660. The van der Waals surface area contributed by atoms with Gasteiger partial charge in [0.2, 0.25) is 0 Å². The molecule has 0 aliphatic heterocycles. The molecule has 0 fully saturated rings. The second-order valence-corrected chi connectivity index (χ2v) is 6.50.